The van der Waals surface area contributed by atoms with Crippen LogP contribution in [0.4, 0.5) is 0 Å². The van der Waals surface area contributed by atoms with Crippen molar-refractivity contribution in [3.05, 3.63) is 12.2 Å². The topological polar surface area (TPSA) is 38.7 Å². The highest BCUT2D eigenvalue weighted by atomic mass is 16.7. The summed E-state index contributed by atoms with van der Waals surface area (Å²) < 4.78 is 11.3. The molecule has 0 saturated heterocycles. The summed E-state index contributed by atoms with van der Waals surface area (Å²) >= 11 is 0. The Morgan fingerprint density at radius 3 is 2.44 bits per heavy atom. The second kappa shape index (κ2) is 5.81. The Labute approximate surface area is 153 Å². The first-order valence-corrected chi connectivity index (χ1v) is 10.2. The zero-order valence-electron chi connectivity index (χ0n) is 16.6. The summed E-state index contributed by atoms with van der Waals surface area (Å²) in [5.74, 6) is 2.19. The molecule has 3 nitrogen and oxygen atoms in total. The molecule has 0 aliphatic heterocycles. The van der Waals surface area contributed by atoms with Gasteiger partial charge in [0.25, 0.3) is 0 Å². The lowest BCUT2D eigenvalue weighted by molar-refractivity contribution is -0.227. The number of fused-ring (bicyclic) bond motifs is 2. The van der Waals surface area contributed by atoms with Gasteiger partial charge in [0.15, 0.2) is 6.29 Å². The summed E-state index contributed by atoms with van der Waals surface area (Å²) in [7, 11) is 3.53. The van der Waals surface area contributed by atoms with Crippen LogP contribution in [0.25, 0.3) is 0 Å². The van der Waals surface area contributed by atoms with E-state index in [2.05, 4.69) is 32.9 Å². The van der Waals surface area contributed by atoms with Gasteiger partial charge < -0.3 is 14.6 Å². The van der Waals surface area contributed by atoms with Gasteiger partial charge in [-0.15, -0.1) is 0 Å². The molecule has 25 heavy (non-hydrogen) atoms. The highest BCUT2D eigenvalue weighted by molar-refractivity contribution is 5.24. The molecule has 3 saturated carbocycles. The van der Waals surface area contributed by atoms with Crippen molar-refractivity contribution in [1.29, 1.82) is 0 Å². The molecule has 0 heterocycles. The van der Waals surface area contributed by atoms with Crippen molar-refractivity contribution in [3.63, 3.8) is 0 Å². The van der Waals surface area contributed by atoms with E-state index in [4.69, 9.17) is 9.47 Å². The predicted molar refractivity (Wildman–Crippen MR) is 98.9 cm³/mol. The van der Waals surface area contributed by atoms with Crippen LogP contribution in [0.15, 0.2) is 12.2 Å². The van der Waals surface area contributed by atoms with Crippen LogP contribution in [0.5, 0.6) is 0 Å². The number of aliphatic hydroxyl groups excluding tert-OH is 1. The lowest BCUT2D eigenvalue weighted by Crippen LogP contribution is -2.64. The fourth-order valence-corrected chi connectivity index (χ4v) is 7.77. The molecule has 5 aliphatic carbocycles. The largest absolute Gasteiger partial charge is 0.393 e. The first-order chi connectivity index (χ1) is 11.8. The van der Waals surface area contributed by atoms with E-state index >= 15 is 0 Å². The van der Waals surface area contributed by atoms with Crippen molar-refractivity contribution in [2.24, 2.45) is 39.9 Å². The summed E-state index contributed by atoms with van der Waals surface area (Å²) in [4.78, 5) is 0. The third-order valence-electron chi connectivity index (χ3n) is 8.98. The number of methoxy groups -OCH3 is 2. The fourth-order valence-electron chi connectivity index (χ4n) is 7.77. The van der Waals surface area contributed by atoms with Crippen LogP contribution < -0.4 is 0 Å². The Kier molecular flexibility index (Phi) is 4.18. The molecule has 3 heteroatoms. The summed E-state index contributed by atoms with van der Waals surface area (Å²) in [6, 6.07) is 0. The Morgan fingerprint density at radius 2 is 1.76 bits per heavy atom. The molecule has 0 unspecified atom stereocenters. The summed E-state index contributed by atoms with van der Waals surface area (Å²) in [5, 5.41) is 11.2. The van der Waals surface area contributed by atoms with Crippen molar-refractivity contribution in [2.45, 2.75) is 71.7 Å². The van der Waals surface area contributed by atoms with Gasteiger partial charge in [0, 0.05) is 25.6 Å². The molecule has 7 atom stereocenters. The van der Waals surface area contributed by atoms with Crippen LogP contribution >= 0.6 is 0 Å². The first kappa shape index (κ1) is 18.0. The number of hydrogen-bond acceptors (Lipinski definition) is 3. The van der Waals surface area contributed by atoms with Crippen LogP contribution in [0, 0.1) is 39.9 Å². The minimum Gasteiger partial charge on any atom is -0.393 e. The number of aliphatic hydroxyl groups is 1. The average molecular weight is 349 g/mol. The molecule has 0 aromatic rings. The Hall–Kier alpha value is -0.380. The van der Waals surface area contributed by atoms with E-state index in [-0.39, 0.29) is 23.2 Å². The van der Waals surface area contributed by atoms with Gasteiger partial charge in [-0.3, -0.25) is 0 Å². The lowest BCUT2D eigenvalue weighted by atomic mass is 9.37. The van der Waals surface area contributed by atoms with Crippen molar-refractivity contribution in [2.75, 3.05) is 14.2 Å². The maximum atomic E-state index is 11.2. The summed E-state index contributed by atoms with van der Waals surface area (Å²) in [5.41, 5.74) is 0.620. The molecular formula is C22H36O3. The normalized spacial score (nSPS) is 50.6. The maximum Gasteiger partial charge on any atom is 0.160 e. The minimum atomic E-state index is -0.153. The SMILES string of the molecule is COC(OC)[C@H]1C[C@]23C=C[C@H]1C[C@H]2[C@]1(C)[C@H](O)CCC(C)(C)[C@H]1CC3. The van der Waals surface area contributed by atoms with Crippen LogP contribution in [0.3, 0.4) is 0 Å². The van der Waals surface area contributed by atoms with Gasteiger partial charge in [0.05, 0.1) is 6.10 Å². The molecule has 0 radical (unpaired) electrons. The molecule has 1 N–H and O–H groups in total. The zero-order chi connectivity index (χ0) is 18.0. The zero-order valence-corrected chi connectivity index (χ0v) is 16.6. The first-order valence-electron chi connectivity index (χ1n) is 10.2. The van der Waals surface area contributed by atoms with Gasteiger partial charge in [-0.05, 0) is 67.1 Å². The standard InChI is InChI=1S/C22H36O3/c1-20(2)9-8-18(23)21(3)16(20)7-11-22-10-6-14(12-17(21)22)15(13-22)19(24-4)25-5/h6,10,14-19,23H,7-9,11-13H2,1-5H3/t14-,15-,16+,17-,18+,21+,22+/m0/s1. The van der Waals surface area contributed by atoms with Gasteiger partial charge >= 0.3 is 0 Å². The van der Waals surface area contributed by atoms with Crippen LogP contribution in [-0.2, 0) is 9.47 Å². The van der Waals surface area contributed by atoms with Gasteiger partial charge in [0.2, 0.25) is 0 Å². The third-order valence-corrected chi connectivity index (χ3v) is 8.98. The second-order valence-electron chi connectivity index (χ2n) is 10.3. The molecule has 0 aromatic heterocycles. The van der Waals surface area contributed by atoms with E-state index in [1.165, 1.54) is 19.3 Å². The van der Waals surface area contributed by atoms with E-state index < -0.39 is 0 Å². The number of hydrogen-bond donors (Lipinski definition) is 1. The van der Waals surface area contributed by atoms with E-state index in [1.807, 2.05) is 0 Å². The minimum absolute atomic E-state index is 0.0453. The van der Waals surface area contributed by atoms with Crippen molar-refractivity contribution in [1.82, 2.24) is 0 Å². The molecule has 142 valence electrons. The van der Waals surface area contributed by atoms with E-state index in [0.717, 1.165) is 19.3 Å². The average Bonchev–Trinajstić information content (AvgIpc) is 2.60. The second-order valence-corrected chi connectivity index (χ2v) is 10.3. The van der Waals surface area contributed by atoms with E-state index in [0.29, 0.717) is 29.1 Å². The molecule has 5 rings (SSSR count). The van der Waals surface area contributed by atoms with Gasteiger partial charge in [-0.2, -0.15) is 0 Å². The molecule has 3 fully saturated rings. The number of rotatable bonds is 3. The highest BCUT2D eigenvalue weighted by Gasteiger charge is 2.65. The number of allylic oxidation sites excluding steroid dienone is 2. The van der Waals surface area contributed by atoms with Crippen molar-refractivity contribution < 1.29 is 14.6 Å². The third kappa shape index (κ3) is 2.34. The Bertz CT molecular complexity index is 551. The molecule has 1 spiro atoms. The van der Waals surface area contributed by atoms with Crippen molar-refractivity contribution in [3.8, 4) is 0 Å². The van der Waals surface area contributed by atoms with Gasteiger partial charge in [-0.25, -0.2) is 0 Å². The summed E-state index contributed by atoms with van der Waals surface area (Å²) in [6.45, 7) is 7.29. The molecule has 2 bridgehead atoms. The van der Waals surface area contributed by atoms with Crippen molar-refractivity contribution >= 4 is 0 Å². The highest BCUT2D eigenvalue weighted by Crippen LogP contribution is 2.70. The van der Waals surface area contributed by atoms with Crippen LogP contribution in [0.1, 0.15) is 59.3 Å². The van der Waals surface area contributed by atoms with E-state index in [1.54, 1.807) is 14.2 Å². The molecular weight excluding hydrogens is 312 g/mol. The summed E-state index contributed by atoms with van der Waals surface area (Å²) in [6.07, 6.45) is 11.7. The molecule has 0 amide bonds. The van der Waals surface area contributed by atoms with Gasteiger partial charge in [0.1, 0.15) is 0 Å². The van der Waals surface area contributed by atoms with Crippen LogP contribution in [0.2, 0.25) is 0 Å². The molecule has 5 aliphatic rings. The predicted octanol–water partition coefficient (Wildman–Crippen LogP) is 4.40. The smallest absolute Gasteiger partial charge is 0.160 e. The maximum absolute atomic E-state index is 11.2. The Balaban J connectivity index is 1.70. The van der Waals surface area contributed by atoms with Crippen LogP contribution in [-0.4, -0.2) is 31.7 Å². The molecule has 0 aromatic carbocycles. The van der Waals surface area contributed by atoms with Gasteiger partial charge in [-0.1, -0.05) is 32.9 Å². The van der Waals surface area contributed by atoms with E-state index in [9.17, 15) is 5.11 Å². The fraction of sp³-hybridized carbons (Fsp3) is 0.909. The Morgan fingerprint density at radius 1 is 1.04 bits per heavy atom. The monoisotopic (exact) mass is 348 g/mol. The quantitative estimate of drug-likeness (QED) is 0.607. The number of ether oxygens (including phenoxy) is 2. The lowest BCUT2D eigenvalue weighted by Gasteiger charge is -2.68.